The van der Waals surface area contributed by atoms with E-state index in [0.29, 0.717) is 0 Å². The lowest BCUT2D eigenvalue weighted by Gasteiger charge is -1.99. The van der Waals surface area contributed by atoms with Crippen molar-refractivity contribution in [2.45, 2.75) is 12.8 Å². The van der Waals surface area contributed by atoms with Crippen molar-refractivity contribution in [1.82, 2.24) is 0 Å². The van der Waals surface area contributed by atoms with Crippen molar-refractivity contribution in [3.8, 4) is 0 Å². The number of hydrogen-bond acceptors (Lipinski definition) is 2. The maximum atomic E-state index is 2.20. The van der Waals surface area contributed by atoms with Crippen LogP contribution in [0.4, 0.5) is 0 Å². The van der Waals surface area contributed by atoms with Crippen molar-refractivity contribution >= 4 is 23.5 Å². The van der Waals surface area contributed by atoms with Gasteiger partial charge in [-0.05, 0) is 35.2 Å². The Hall–Kier alpha value is 0.440. The summed E-state index contributed by atoms with van der Waals surface area (Å²) in [5, 5.41) is 4.40. The molecule has 0 nitrogen and oxygen atoms in total. The zero-order valence-corrected chi connectivity index (χ0v) is 6.43. The normalized spacial score (nSPS) is 26.0. The Morgan fingerprint density at radius 3 is 1.88 bits per heavy atom. The van der Waals surface area contributed by atoms with Crippen LogP contribution in [0.1, 0.15) is 12.8 Å². The largest absolute Gasteiger partial charge is 0.134 e. The van der Waals surface area contributed by atoms with E-state index in [9.17, 15) is 0 Å². The monoisotopic (exact) mass is 146 g/mol. The lowest BCUT2D eigenvalue weighted by Crippen LogP contribution is -1.83. The molecule has 2 heteroatoms. The third kappa shape index (κ3) is 2.68. The standard InChI is InChI=1S/C6H10S2/c1-2-4-8-6-5-7-3-1/h5-6H,1-4H2/b6-5-. The Labute approximate surface area is 59.1 Å². The summed E-state index contributed by atoms with van der Waals surface area (Å²) >= 11 is 3.86. The van der Waals surface area contributed by atoms with Crippen LogP contribution in [0.3, 0.4) is 0 Å². The summed E-state index contributed by atoms with van der Waals surface area (Å²) in [5.41, 5.74) is 0. The van der Waals surface area contributed by atoms with Crippen LogP contribution in [0.2, 0.25) is 0 Å². The first-order valence-electron chi connectivity index (χ1n) is 2.88. The van der Waals surface area contributed by atoms with Crippen LogP contribution in [0.25, 0.3) is 0 Å². The van der Waals surface area contributed by atoms with Gasteiger partial charge >= 0.3 is 0 Å². The second-order valence-electron chi connectivity index (χ2n) is 1.72. The third-order valence-electron chi connectivity index (χ3n) is 1.02. The van der Waals surface area contributed by atoms with Crippen molar-refractivity contribution in [3.05, 3.63) is 10.8 Å². The lowest BCUT2D eigenvalue weighted by atomic mass is 10.4. The van der Waals surface area contributed by atoms with E-state index in [4.69, 9.17) is 0 Å². The molecule has 1 aliphatic rings. The van der Waals surface area contributed by atoms with Gasteiger partial charge < -0.3 is 0 Å². The molecular weight excluding hydrogens is 136 g/mol. The Morgan fingerprint density at radius 1 is 0.875 bits per heavy atom. The highest BCUT2D eigenvalue weighted by Crippen LogP contribution is 2.16. The van der Waals surface area contributed by atoms with Gasteiger partial charge in [0.1, 0.15) is 0 Å². The maximum absolute atomic E-state index is 2.20. The molecule has 0 atom stereocenters. The van der Waals surface area contributed by atoms with E-state index >= 15 is 0 Å². The lowest BCUT2D eigenvalue weighted by molar-refractivity contribution is 0.909. The average molecular weight is 146 g/mol. The molecule has 0 aromatic carbocycles. The summed E-state index contributed by atoms with van der Waals surface area (Å²) in [6.45, 7) is 0. The summed E-state index contributed by atoms with van der Waals surface area (Å²) in [7, 11) is 0. The molecule has 0 aromatic rings. The predicted octanol–water partition coefficient (Wildman–Crippen LogP) is 2.72. The van der Waals surface area contributed by atoms with Crippen molar-refractivity contribution < 1.29 is 0 Å². The third-order valence-corrected chi connectivity index (χ3v) is 2.90. The van der Waals surface area contributed by atoms with E-state index in [2.05, 4.69) is 10.8 Å². The van der Waals surface area contributed by atoms with Crippen LogP contribution < -0.4 is 0 Å². The van der Waals surface area contributed by atoms with Crippen LogP contribution in [0, 0.1) is 0 Å². The van der Waals surface area contributed by atoms with Gasteiger partial charge in [0.25, 0.3) is 0 Å². The zero-order valence-electron chi connectivity index (χ0n) is 4.80. The molecule has 0 aliphatic carbocycles. The zero-order chi connectivity index (χ0) is 5.66. The van der Waals surface area contributed by atoms with Gasteiger partial charge in [0.15, 0.2) is 0 Å². The van der Waals surface area contributed by atoms with Crippen LogP contribution in [-0.2, 0) is 0 Å². The van der Waals surface area contributed by atoms with Gasteiger partial charge in [-0.1, -0.05) is 0 Å². The molecule has 0 spiro atoms. The highest BCUT2D eigenvalue weighted by Gasteiger charge is 1.90. The molecule has 0 bridgehead atoms. The smallest absolute Gasteiger partial charge is 0.00255 e. The SMILES string of the molecule is C1=C\SCCCCS/1. The van der Waals surface area contributed by atoms with Gasteiger partial charge in [0.05, 0.1) is 0 Å². The van der Waals surface area contributed by atoms with Gasteiger partial charge in [-0.25, -0.2) is 0 Å². The molecule has 8 heavy (non-hydrogen) atoms. The number of rotatable bonds is 0. The van der Waals surface area contributed by atoms with Crippen molar-refractivity contribution in [2.75, 3.05) is 11.5 Å². The Kier molecular flexibility index (Phi) is 3.55. The Balaban J connectivity index is 2.17. The average Bonchev–Trinajstić information content (AvgIpc) is 1.62. The van der Waals surface area contributed by atoms with E-state index in [1.54, 1.807) is 0 Å². The Bertz CT molecular complexity index is 68.6. The van der Waals surface area contributed by atoms with Crippen LogP contribution in [-0.4, -0.2) is 11.5 Å². The second-order valence-corrected chi connectivity index (χ2v) is 3.75. The molecule has 1 aliphatic heterocycles. The van der Waals surface area contributed by atoms with Gasteiger partial charge in [-0.3, -0.25) is 0 Å². The molecule has 0 unspecified atom stereocenters. The molecule has 1 rings (SSSR count). The highest BCUT2D eigenvalue weighted by atomic mass is 32.2. The molecule has 0 saturated carbocycles. The van der Waals surface area contributed by atoms with Crippen LogP contribution in [0.5, 0.6) is 0 Å². The fraction of sp³-hybridized carbons (Fsp3) is 0.667. The molecular formula is C6H10S2. The van der Waals surface area contributed by atoms with Crippen molar-refractivity contribution in [1.29, 1.82) is 0 Å². The fourth-order valence-corrected chi connectivity index (χ4v) is 2.23. The minimum atomic E-state index is 1.32. The van der Waals surface area contributed by atoms with E-state index in [0.717, 1.165) is 0 Å². The fourth-order valence-electron chi connectivity index (χ4n) is 0.585. The first-order chi connectivity index (χ1) is 4.00. The van der Waals surface area contributed by atoms with Gasteiger partial charge in [-0.2, -0.15) is 0 Å². The first-order valence-corrected chi connectivity index (χ1v) is 4.98. The van der Waals surface area contributed by atoms with Crippen LogP contribution >= 0.6 is 23.5 Å². The molecule has 0 radical (unpaired) electrons. The van der Waals surface area contributed by atoms with Crippen molar-refractivity contribution in [3.63, 3.8) is 0 Å². The van der Waals surface area contributed by atoms with Crippen LogP contribution in [0.15, 0.2) is 10.8 Å². The van der Waals surface area contributed by atoms with E-state index in [1.165, 1.54) is 24.3 Å². The highest BCUT2D eigenvalue weighted by molar-refractivity contribution is 8.05. The molecule has 0 amide bonds. The summed E-state index contributed by atoms with van der Waals surface area (Å²) in [4.78, 5) is 0. The number of hydrogen-bond donors (Lipinski definition) is 0. The van der Waals surface area contributed by atoms with E-state index in [-0.39, 0.29) is 0 Å². The summed E-state index contributed by atoms with van der Waals surface area (Å²) in [6, 6.07) is 0. The predicted molar refractivity (Wildman–Crippen MR) is 43.3 cm³/mol. The summed E-state index contributed by atoms with van der Waals surface area (Å²) < 4.78 is 0. The van der Waals surface area contributed by atoms with Gasteiger partial charge in [0.2, 0.25) is 0 Å². The molecule has 1 heterocycles. The second kappa shape index (κ2) is 4.33. The van der Waals surface area contributed by atoms with Crippen molar-refractivity contribution in [2.24, 2.45) is 0 Å². The van der Waals surface area contributed by atoms with Gasteiger partial charge in [0, 0.05) is 0 Å². The van der Waals surface area contributed by atoms with E-state index < -0.39 is 0 Å². The Morgan fingerprint density at radius 2 is 1.38 bits per heavy atom. The summed E-state index contributed by atoms with van der Waals surface area (Å²) in [5.74, 6) is 2.63. The molecule has 0 N–H and O–H groups in total. The molecule has 0 aromatic heterocycles. The quantitative estimate of drug-likeness (QED) is 0.515. The first kappa shape index (κ1) is 6.56. The minimum Gasteiger partial charge on any atom is -0.134 e. The van der Waals surface area contributed by atoms with E-state index in [1.807, 2.05) is 23.5 Å². The number of thioether (sulfide) groups is 2. The maximum Gasteiger partial charge on any atom is -0.00255 e. The minimum absolute atomic E-state index is 1.32. The molecule has 0 fully saturated rings. The van der Waals surface area contributed by atoms with Gasteiger partial charge in [-0.15, -0.1) is 23.5 Å². The topological polar surface area (TPSA) is 0 Å². The molecule has 0 saturated heterocycles. The molecule has 46 valence electrons. The summed E-state index contributed by atoms with van der Waals surface area (Å²) in [6.07, 6.45) is 2.78.